The summed E-state index contributed by atoms with van der Waals surface area (Å²) in [6, 6.07) is 0. The second kappa shape index (κ2) is 6.02. The number of allylic oxidation sites excluding steroid dienone is 1. The molecule has 16 heavy (non-hydrogen) atoms. The number of nitro groups is 1. The van der Waals surface area contributed by atoms with Gasteiger partial charge in [-0.15, -0.1) is 6.58 Å². The second-order valence-corrected chi connectivity index (χ2v) is 3.20. The summed E-state index contributed by atoms with van der Waals surface area (Å²) in [6.07, 6.45) is 4.25. The minimum atomic E-state index is -0.612. The predicted octanol–water partition coefficient (Wildman–Crippen LogP) is 2.38. The fourth-order valence-electron chi connectivity index (χ4n) is 0.968. The van der Waals surface area contributed by atoms with E-state index in [0.717, 1.165) is 12.6 Å². The Hall–Kier alpha value is -1.69. The van der Waals surface area contributed by atoms with Gasteiger partial charge in [-0.1, -0.05) is 6.08 Å². The van der Waals surface area contributed by atoms with E-state index in [1.807, 2.05) is 0 Å². The lowest BCUT2D eigenvalue weighted by atomic mass is 10.3. The van der Waals surface area contributed by atoms with Gasteiger partial charge >= 0.3 is 5.69 Å². The van der Waals surface area contributed by atoms with Crippen molar-refractivity contribution in [1.29, 1.82) is 0 Å². The van der Waals surface area contributed by atoms with Gasteiger partial charge in [-0.05, 0) is 24.4 Å². The van der Waals surface area contributed by atoms with Gasteiger partial charge in [0.25, 0.3) is 5.88 Å². The smallest absolute Gasteiger partial charge is 0.349 e. The highest BCUT2D eigenvalue weighted by atomic mass is 35.5. The van der Waals surface area contributed by atoms with Crippen LogP contribution in [0.2, 0.25) is 5.28 Å². The summed E-state index contributed by atoms with van der Waals surface area (Å²) in [5.74, 6) is -0.103. The highest BCUT2D eigenvalue weighted by Crippen LogP contribution is 2.24. The third-order valence-electron chi connectivity index (χ3n) is 1.69. The van der Waals surface area contributed by atoms with E-state index in [1.165, 1.54) is 0 Å². The molecule has 0 aliphatic carbocycles. The number of ether oxygens (including phenoxy) is 1. The summed E-state index contributed by atoms with van der Waals surface area (Å²) >= 11 is 5.52. The van der Waals surface area contributed by atoms with Crippen molar-refractivity contribution in [3.63, 3.8) is 0 Å². The third kappa shape index (κ3) is 3.47. The first-order valence-corrected chi connectivity index (χ1v) is 4.93. The van der Waals surface area contributed by atoms with Crippen molar-refractivity contribution in [3.8, 4) is 5.88 Å². The molecular formula is C9H10ClN3O3. The van der Waals surface area contributed by atoms with Gasteiger partial charge in [0.2, 0.25) is 5.28 Å². The van der Waals surface area contributed by atoms with Crippen LogP contribution in [-0.2, 0) is 0 Å². The number of nitrogens with zero attached hydrogens (tertiary/aromatic N) is 3. The molecule has 1 aromatic rings. The summed E-state index contributed by atoms with van der Waals surface area (Å²) in [6.45, 7) is 3.87. The molecule has 0 fully saturated rings. The number of unbranched alkanes of at least 4 members (excludes halogenated alkanes) is 1. The molecular weight excluding hydrogens is 234 g/mol. The molecule has 0 aliphatic rings. The Morgan fingerprint density at radius 1 is 1.69 bits per heavy atom. The molecule has 0 bridgehead atoms. The first-order chi connectivity index (χ1) is 7.65. The van der Waals surface area contributed by atoms with E-state index in [4.69, 9.17) is 16.3 Å². The van der Waals surface area contributed by atoms with Crippen LogP contribution in [0.4, 0.5) is 5.69 Å². The average molecular weight is 244 g/mol. The zero-order valence-corrected chi connectivity index (χ0v) is 9.18. The van der Waals surface area contributed by atoms with E-state index >= 15 is 0 Å². The lowest BCUT2D eigenvalue weighted by Crippen LogP contribution is -2.03. The van der Waals surface area contributed by atoms with Crippen LogP contribution in [-0.4, -0.2) is 21.5 Å². The fourth-order valence-corrected chi connectivity index (χ4v) is 1.09. The Bertz CT molecular complexity index is 398. The Balaban J connectivity index is 2.72. The molecule has 1 heterocycles. The molecule has 7 heteroatoms. The summed E-state index contributed by atoms with van der Waals surface area (Å²) in [5.41, 5.74) is -0.289. The lowest BCUT2D eigenvalue weighted by Gasteiger charge is -2.04. The van der Waals surface area contributed by atoms with Crippen molar-refractivity contribution in [2.24, 2.45) is 0 Å². The Labute approximate surface area is 97.1 Å². The molecule has 0 aromatic carbocycles. The molecule has 1 aromatic heterocycles. The molecule has 1 rings (SSSR count). The maximum atomic E-state index is 10.6. The van der Waals surface area contributed by atoms with E-state index in [0.29, 0.717) is 13.0 Å². The largest absolute Gasteiger partial charge is 0.473 e. The zero-order valence-electron chi connectivity index (χ0n) is 8.43. The van der Waals surface area contributed by atoms with Crippen LogP contribution >= 0.6 is 11.6 Å². The maximum Gasteiger partial charge on any atom is 0.349 e. The standard InChI is InChI=1S/C9H10ClN3O3/c1-2-3-4-5-16-8-7(13(14)15)6-11-9(10)12-8/h2,6H,1,3-5H2. The highest BCUT2D eigenvalue weighted by molar-refractivity contribution is 6.28. The van der Waals surface area contributed by atoms with Gasteiger partial charge in [-0.2, -0.15) is 4.98 Å². The van der Waals surface area contributed by atoms with Crippen LogP contribution in [0.5, 0.6) is 5.88 Å². The molecule has 0 aliphatic heterocycles. The Kier molecular flexibility index (Phi) is 4.65. The minimum Gasteiger partial charge on any atom is -0.473 e. The van der Waals surface area contributed by atoms with Crippen molar-refractivity contribution in [2.45, 2.75) is 12.8 Å². The zero-order chi connectivity index (χ0) is 12.0. The number of hydrogen-bond donors (Lipinski definition) is 0. The van der Waals surface area contributed by atoms with Crippen LogP contribution in [0.25, 0.3) is 0 Å². The van der Waals surface area contributed by atoms with E-state index in [2.05, 4.69) is 16.5 Å². The van der Waals surface area contributed by atoms with E-state index in [1.54, 1.807) is 6.08 Å². The SMILES string of the molecule is C=CCCCOc1nc(Cl)ncc1[N+](=O)[O-]. The quantitative estimate of drug-likeness (QED) is 0.252. The number of aromatic nitrogens is 2. The normalized spacial score (nSPS) is 9.81. The van der Waals surface area contributed by atoms with Crippen molar-refractivity contribution >= 4 is 17.3 Å². The van der Waals surface area contributed by atoms with Gasteiger partial charge in [0.15, 0.2) is 0 Å². The van der Waals surface area contributed by atoms with Gasteiger partial charge in [-0.25, -0.2) is 4.98 Å². The van der Waals surface area contributed by atoms with Crippen molar-refractivity contribution in [3.05, 3.63) is 34.2 Å². The van der Waals surface area contributed by atoms with Gasteiger partial charge in [0.1, 0.15) is 6.20 Å². The molecule has 0 unspecified atom stereocenters. The van der Waals surface area contributed by atoms with E-state index in [9.17, 15) is 10.1 Å². The van der Waals surface area contributed by atoms with Crippen LogP contribution in [0.15, 0.2) is 18.9 Å². The number of halogens is 1. The molecule has 0 atom stereocenters. The molecule has 86 valence electrons. The summed E-state index contributed by atoms with van der Waals surface area (Å²) in [4.78, 5) is 17.2. The van der Waals surface area contributed by atoms with Crippen molar-refractivity contribution in [2.75, 3.05) is 6.61 Å². The van der Waals surface area contributed by atoms with Crippen LogP contribution in [0.1, 0.15) is 12.8 Å². The molecule has 6 nitrogen and oxygen atoms in total. The highest BCUT2D eigenvalue weighted by Gasteiger charge is 2.18. The molecule has 0 amide bonds. The predicted molar refractivity (Wildman–Crippen MR) is 58.6 cm³/mol. The monoisotopic (exact) mass is 243 g/mol. The summed E-state index contributed by atoms with van der Waals surface area (Å²) in [7, 11) is 0. The Morgan fingerprint density at radius 2 is 2.44 bits per heavy atom. The van der Waals surface area contributed by atoms with E-state index < -0.39 is 4.92 Å². The number of hydrogen-bond acceptors (Lipinski definition) is 5. The molecule has 0 saturated heterocycles. The van der Waals surface area contributed by atoms with Gasteiger partial charge in [0.05, 0.1) is 11.5 Å². The first kappa shape index (κ1) is 12.4. The first-order valence-electron chi connectivity index (χ1n) is 4.55. The minimum absolute atomic E-state index is 0.0793. The molecule has 0 N–H and O–H groups in total. The molecule has 0 saturated carbocycles. The van der Waals surface area contributed by atoms with Gasteiger partial charge in [0, 0.05) is 0 Å². The van der Waals surface area contributed by atoms with Crippen molar-refractivity contribution < 1.29 is 9.66 Å². The third-order valence-corrected chi connectivity index (χ3v) is 1.88. The van der Waals surface area contributed by atoms with Crippen LogP contribution in [0, 0.1) is 10.1 Å². The van der Waals surface area contributed by atoms with Gasteiger partial charge in [-0.3, -0.25) is 10.1 Å². The summed E-state index contributed by atoms with van der Waals surface area (Å²) < 4.78 is 5.16. The van der Waals surface area contributed by atoms with Gasteiger partial charge < -0.3 is 4.74 Å². The average Bonchev–Trinajstić information content (AvgIpc) is 2.24. The topological polar surface area (TPSA) is 78.2 Å². The van der Waals surface area contributed by atoms with Crippen LogP contribution < -0.4 is 4.74 Å². The maximum absolute atomic E-state index is 10.6. The summed E-state index contributed by atoms with van der Waals surface area (Å²) in [5, 5.41) is 10.5. The van der Waals surface area contributed by atoms with Crippen molar-refractivity contribution in [1.82, 2.24) is 9.97 Å². The Morgan fingerprint density at radius 3 is 3.06 bits per heavy atom. The lowest BCUT2D eigenvalue weighted by molar-refractivity contribution is -0.386. The fraction of sp³-hybridized carbons (Fsp3) is 0.333. The number of rotatable bonds is 6. The second-order valence-electron chi connectivity index (χ2n) is 2.87. The molecule has 0 radical (unpaired) electrons. The van der Waals surface area contributed by atoms with Crippen LogP contribution in [0.3, 0.4) is 0 Å². The van der Waals surface area contributed by atoms with E-state index in [-0.39, 0.29) is 16.9 Å². The molecule has 0 spiro atoms.